The SMILES string of the molecule is C#CCCc1ncccn1. The number of hydrogen-bond acceptors (Lipinski definition) is 2. The highest BCUT2D eigenvalue weighted by Crippen LogP contribution is 1.91. The molecule has 50 valence electrons. The van der Waals surface area contributed by atoms with E-state index in [0.717, 1.165) is 12.2 Å². The molecule has 0 aromatic carbocycles. The fourth-order valence-electron chi connectivity index (χ4n) is 0.643. The van der Waals surface area contributed by atoms with Gasteiger partial charge in [-0.05, 0) is 6.07 Å². The molecule has 0 aliphatic carbocycles. The van der Waals surface area contributed by atoms with E-state index in [-0.39, 0.29) is 0 Å². The second-order valence-electron chi connectivity index (χ2n) is 1.87. The van der Waals surface area contributed by atoms with Crippen LogP contribution < -0.4 is 0 Å². The topological polar surface area (TPSA) is 25.8 Å². The predicted molar refractivity (Wildman–Crippen MR) is 39.2 cm³/mol. The van der Waals surface area contributed by atoms with Gasteiger partial charge >= 0.3 is 0 Å². The molecule has 0 radical (unpaired) electrons. The Morgan fingerprint density at radius 3 is 2.70 bits per heavy atom. The monoisotopic (exact) mass is 132 g/mol. The number of nitrogens with zero attached hydrogens (tertiary/aromatic N) is 2. The van der Waals surface area contributed by atoms with E-state index in [1.165, 1.54) is 0 Å². The van der Waals surface area contributed by atoms with Crippen LogP contribution in [0.5, 0.6) is 0 Å². The zero-order valence-electron chi connectivity index (χ0n) is 5.62. The molecule has 0 spiro atoms. The van der Waals surface area contributed by atoms with Gasteiger partial charge in [0.1, 0.15) is 5.82 Å². The number of aryl methyl sites for hydroxylation is 1. The molecule has 1 rings (SSSR count). The van der Waals surface area contributed by atoms with Gasteiger partial charge in [0.15, 0.2) is 0 Å². The number of terminal acetylenes is 1. The van der Waals surface area contributed by atoms with Gasteiger partial charge in [-0.2, -0.15) is 0 Å². The van der Waals surface area contributed by atoms with Gasteiger partial charge in [-0.3, -0.25) is 0 Å². The quantitative estimate of drug-likeness (QED) is 0.562. The lowest BCUT2D eigenvalue weighted by Crippen LogP contribution is -1.91. The van der Waals surface area contributed by atoms with Crippen LogP contribution in [0.15, 0.2) is 18.5 Å². The van der Waals surface area contributed by atoms with E-state index in [9.17, 15) is 0 Å². The maximum absolute atomic E-state index is 5.07. The Kier molecular flexibility index (Phi) is 2.45. The molecule has 0 amide bonds. The molecule has 0 saturated carbocycles. The largest absolute Gasteiger partial charge is 0.241 e. The zero-order chi connectivity index (χ0) is 7.23. The van der Waals surface area contributed by atoms with Gasteiger partial charge in [-0.1, -0.05) is 0 Å². The summed E-state index contributed by atoms with van der Waals surface area (Å²) in [6.45, 7) is 0. The predicted octanol–water partition coefficient (Wildman–Crippen LogP) is 1.04. The Bertz CT molecular complexity index is 223. The van der Waals surface area contributed by atoms with Crippen LogP contribution in [0.25, 0.3) is 0 Å². The molecule has 0 saturated heterocycles. The first-order chi connectivity index (χ1) is 4.93. The molecule has 0 bridgehead atoms. The lowest BCUT2D eigenvalue weighted by molar-refractivity contribution is 0.891. The second-order valence-corrected chi connectivity index (χ2v) is 1.87. The van der Waals surface area contributed by atoms with Crippen molar-refractivity contribution in [3.05, 3.63) is 24.3 Å². The van der Waals surface area contributed by atoms with Crippen molar-refractivity contribution in [1.82, 2.24) is 9.97 Å². The minimum Gasteiger partial charge on any atom is -0.241 e. The summed E-state index contributed by atoms with van der Waals surface area (Å²) < 4.78 is 0. The van der Waals surface area contributed by atoms with Crippen molar-refractivity contribution in [1.29, 1.82) is 0 Å². The fourth-order valence-corrected chi connectivity index (χ4v) is 0.643. The zero-order valence-corrected chi connectivity index (χ0v) is 5.62. The Morgan fingerprint density at radius 2 is 2.10 bits per heavy atom. The summed E-state index contributed by atoms with van der Waals surface area (Å²) in [7, 11) is 0. The third-order valence-electron chi connectivity index (χ3n) is 1.11. The van der Waals surface area contributed by atoms with Crippen molar-refractivity contribution in [3.8, 4) is 12.3 Å². The van der Waals surface area contributed by atoms with Crippen molar-refractivity contribution in [3.63, 3.8) is 0 Å². The van der Waals surface area contributed by atoms with Crippen LogP contribution in [0.3, 0.4) is 0 Å². The summed E-state index contributed by atoms with van der Waals surface area (Å²) >= 11 is 0. The van der Waals surface area contributed by atoms with Gasteiger partial charge in [-0.25, -0.2) is 9.97 Å². The van der Waals surface area contributed by atoms with Crippen molar-refractivity contribution < 1.29 is 0 Å². The average molecular weight is 132 g/mol. The van der Waals surface area contributed by atoms with Gasteiger partial charge in [0.25, 0.3) is 0 Å². The summed E-state index contributed by atoms with van der Waals surface area (Å²) in [5, 5.41) is 0. The van der Waals surface area contributed by atoms with E-state index in [1.54, 1.807) is 18.5 Å². The second kappa shape index (κ2) is 3.62. The van der Waals surface area contributed by atoms with Crippen LogP contribution in [0.2, 0.25) is 0 Å². The van der Waals surface area contributed by atoms with Gasteiger partial charge in [0.2, 0.25) is 0 Å². The highest BCUT2D eigenvalue weighted by atomic mass is 14.8. The molecule has 0 fully saturated rings. The van der Waals surface area contributed by atoms with Crippen LogP contribution in [0.1, 0.15) is 12.2 Å². The molecule has 1 aromatic heterocycles. The summed E-state index contributed by atoms with van der Waals surface area (Å²) in [5.41, 5.74) is 0. The van der Waals surface area contributed by atoms with E-state index >= 15 is 0 Å². The molecular formula is C8H8N2. The van der Waals surface area contributed by atoms with E-state index in [4.69, 9.17) is 6.42 Å². The summed E-state index contributed by atoms with van der Waals surface area (Å²) in [5.74, 6) is 3.36. The lowest BCUT2D eigenvalue weighted by Gasteiger charge is -1.91. The van der Waals surface area contributed by atoms with Crippen molar-refractivity contribution in [2.45, 2.75) is 12.8 Å². The Hall–Kier alpha value is -1.36. The summed E-state index contributed by atoms with van der Waals surface area (Å²) in [6.07, 6.45) is 10.0. The first kappa shape index (κ1) is 6.76. The Morgan fingerprint density at radius 1 is 1.40 bits per heavy atom. The molecule has 0 N–H and O–H groups in total. The molecule has 1 heterocycles. The molecule has 0 aliphatic heterocycles. The molecule has 2 heteroatoms. The number of rotatable bonds is 2. The molecular weight excluding hydrogens is 124 g/mol. The van der Waals surface area contributed by atoms with E-state index < -0.39 is 0 Å². The molecule has 10 heavy (non-hydrogen) atoms. The average Bonchev–Trinajstić information content (AvgIpc) is 2.03. The lowest BCUT2D eigenvalue weighted by atomic mass is 10.3. The van der Waals surface area contributed by atoms with Crippen molar-refractivity contribution in [2.24, 2.45) is 0 Å². The Labute approximate surface area is 60.3 Å². The normalized spacial score (nSPS) is 8.70. The van der Waals surface area contributed by atoms with Crippen LogP contribution in [-0.2, 0) is 6.42 Å². The van der Waals surface area contributed by atoms with Crippen LogP contribution in [0, 0.1) is 12.3 Å². The van der Waals surface area contributed by atoms with E-state index in [2.05, 4.69) is 15.9 Å². The van der Waals surface area contributed by atoms with E-state index in [0.29, 0.717) is 6.42 Å². The molecule has 0 unspecified atom stereocenters. The maximum atomic E-state index is 5.07. The van der Waals surface area contributed by atoms with Crippen molar-refractivity contribution in [2.75, 3.05) is 0 Å². The van der Waals surface area contributed by atoms with Gasteiger partial charge in [0.05, 0.1) is 0 Å². The first-order valence-electron chi connectivity index (χ1n) is 3.13. The van der Waals surface area contributed by atoms with E-state index in [1.807, 2.05) is 0 Å². The third kappa shape index (κ3) is 1.87. The minimum atomic E-state index is 0.712. The summed E-state index contributed by atoms with van der Waals surface area (Å²) in [4.78, 5) is 8.02. The fraction of sp³-hybridized carbons (Fsp3) is 0.250. The minimum absolute atomic E-state index is 0.712. The standard InChI is InChI=1S/C8H8N2/c1-2-3-5-8-9-6-4-7-10-8/h1,4,6-7H,3,5H2. The highest BCUT2D eigenvalue weighted by molar-refractivity contribution is 4.93. The van der Waals surface area contributed by atoms with Gasteiger partial charge < -0.3 is 0 Å². The van der Waals surface area contributed by atoms with Crippen LogP contribution in [0.4, 0.5) is 0 Å². The van der Waals surface area contributed by atoms with Crippen LogP contribution >= 0.6 is 0 Å². The molecule has 0 atom stereocenters. The highest BCUT2D eigenvalue weighted by Gasteiger charge is 1.89. The number of hydrogen-bond donors (Lipinski definition) is 0. The van der Waals surface area contributed by atoms with Gasteiger partial charge in [-0.15, -0.1) is 12.3 Å². The van der Waals surface area contributed by atoms with Crippen LogP contribution in [-0.4, -0.2) is 9.97 Å². The maximum Gasteiger partial charge on any atom is 0.129 e. The Balaban J connectivity index is 2.52. The summed E-state index contributed by atoms with van der Waals surface area (Å²) in [6, 6.07) is 1.79. The first-order valence-corrected chi connectivity index (χ1v) is 3.13. The smallest absolute Gasteiger partial charge is 0.129 e. The third-order valence-corrected chi connectivity index (χ3v) is 1.11. The van der Waals surface area contributed by atoms with Gasteiger partial charge in [0, 0.05) is 25.2 Å². The van der Waals surface area contributed by atoms with Crippen molar-refractivity contribution >= 4 is 0 Å². The molecule has 1 aromatic rings. The number of aromatic nitrogens is 2. The molecule has 0 aliphatic rings. The molecule has 2 nitrogen and oxygen atoms in total.